The molecule has 2 rings (SSSR count). The van der Waals surface area contributed by atoms with Crippen LogP contribution in [0.15, 0.2) is 52.4 Å². The third kappa shape index (κ3) is 5.16. The summed E-state index contributed by atoms with van der Waals surface area (Å²) in [5, 5.41) is 9.18. The minimum absolute atomic E-state index is 0.000373. The van der Waals surface area contributed by atoms with Crippen molar-refractivity contribution < 1.29 is 19.4 Å². The van der Waals surface area contributed by atoms with E-state index in [1.54, 1.807) is 43.3 Å². The van der Waals surface area contributed by atoms with E-state index in [0.717, 1.165) is 0 Å². The van der Waals surface area contributed by atoms with Gasteiger partial charge >= 0.3 is 11.9 Å². The normalized spacial score (nSPS) is 11.9. The highest BCUT2D eigenvalue weighted by Crippen LogP contribution is 2.20. The Morgan fingerprint density at radius 3 is 2.07 bits per heavy atom. The number of aryl methyl sites for hydroxylation is 1. The van der Waals surface area contributed by atoms with Gasteiger partial charge in [-0.25, -0.2) is 19.6 Å². The summed E-state index contributed by atoms with van der Waals surface area (Å²) in [6.07, 6.45) is 0.543. The molecule has 0 atom stereocenters. The quantitative estimate of drug-likeness (QED) is 0.398. The maximum absolute atomic E-state index is 11.6. The average Bonchev–Trinajstić information content (AvgIpc) is 2.68. The summed E-state index contributed by atoms with van der Waals surface area (Å²) in [4.78, 5) is 31.2. The highest BCUT2D eigenvalue weighted by atomic mass is 16.5. The first kappa shape index (κ1) is 20.6. The molecule has 0 fully saturated rings. The number of esters is 1. The van der Waals surface area contributed by atoms with Crippen molar-refractivity contribution in [2.45, 2.75) is 20.3 Å². The standard InChI is InChI=1S/C20H22N4O4/c1-3-12-11-15(9-10-16(12)19(25)26)24-18(22)17(21)23-14-7-5-13(6-8-14)20(27)28-4-2/h5-11H,3-4H2,1-2H3,(H2,21,23)(H2,22,24)(H,25,26). The van der Waals surface area contributed by atoms with Crippen LogP contribution in [0.25, 0.3) is 0 Å². The minimum atomic E-state index is -0.993. The average molecular weight is 382 g/mol. The molecule has 0 saturated carbocycles. The van der Waals surface area contributed by atoms with Crippen LogP contribution in [0.3, 0.4) is 0 Å². The van der Waals surface area contributed by atoms with Crippen LogP contribution >= 0.6 is 0 Å². The van der Waals surface area contributed by atoms with Gasteiger partial charge in [0.25, 0.3) is 0 Å². The van der Waals surface area contributed by atoms with Crippen LogP contribution in [0.4, 0.5) is 11.4 Å². The van der Waals surface area contributed by atoms with Crippen LogP contribution < -0.4 is 11.5 Å². The lowest BCUT2D eigenvalue weighted by Gasteiger charge is -2.06. The molecule has 0 aliphatic rings. The number of nitrogens with two attached hydrogens (primary N) is 2. The van der Waals surface area contributed by atoms with Gasteiger partial charge in [-0.3, -0.25) is 0 Å². The predicted molar refractivity (Wildman–Crippen MR) is 108 cm³/mol. The van der Waals surface area contributed by atoms with Gasteiger partial charge in [0.05, 0.1) is 29.1 Å². The van der Waals surface area contributed by atoms with Crippen molar-refractivity contribution in [3.8, 4) is 0 Å². The third-order valence-corrected chi connectivity index (χ3v) is 3.84. The Kier molecular flexibility index (Phi) is 6.86. The van der Waals surface area contributed by atoms with Gasteiger partial charge in [0.2, 0.25) is 0 Å². The SMILES string of the molecule is CCOC(=O)c1ccc(N=C(N)C(N)=Nc2ccc(C(=O)O)c(CC)c2)cc1. The molecule has 2 aromatic carbocycles. The number of aliphatic imine (C=N–C) groups is 2. The van der Waals surface area contributed by atoms with E-state index in [1.165, 1.54) is 6.07 Å². The maximum Gasteiger partial charge on any atom is 0.338 e. The Hall–Kier alpha value is -3.68. The van der Waals surface area contributed by atoms with Crippen LogP contribution in [0.5, 0.6) is 0 Å². The number of hydrogen-bond acceptors (Lipinski definition) is 5. The number of carbonyl (C=O) groups is 2. The molecule has 0 aliphatic carbocycles. The smallest absolute Gasteiger partial charge is 0.338 e. The summed E-state index contributed by atoms with van der Waals surface area (Å²) in [5.74, 6) is -1.40. The fraction of sp³-hybridized carbons (Fsp3) is 0.200. The van der Waals surface area contributed by atoms with Crippen LogP contribution in [0.2, 0.25) is 0 Å². The first-order valence-electron chi connectivity index (χ1n) is 8.67. The molecule has 0 bridgehead atoms. The number of carbonyl (C=O) groups excluding carboxylic acids is 1. The van der Waals surface area contributed by atoms with Crippen molar-refractivity contribution in [1.82, 2.24) is 0 Å². The summed E-state index contributed by atoms with van der Waals surface area (Å²) in [5.41, 5.74) is 14.1. The number of aromatic carboxylic acids is 1. The molecular weight excluding hydrogens is 360 g/mol. The molecule has 0 aromatic heterocycles. The van der Waals surface area contributed by atoms with Crippen LogP contribution in [-0.2, 0) is 11.2 Å². The molecule has 28 heavy (non-hydrogen) atoms. The van der Waals surface area contributed by atoms with E-state index in [1.807, 2.05) is 6.92 Å². The van der Waals surface area contributed by atoms with Gasteiger partial charge < -0.3 is 21.3 Å². The van der Waals surface area contributed by atoms with E-state index in [4.69, 9.17) is 16.2 Å². The summed E-state index contributed by atoms with van der Waals surface area (Å²) >= 11 is 0. The Balaban J connectivity index is 2.22. The molecule has 0 aliphatic heterocycles. The summed E-state index contributed by atoms with van der Waals surface area (Å²) in [6.45, 7) is 3.89. The fourth-order valence-electron chi connectivity index (χ4n) is 2.43. The predicted octanol–water partition coefficient (Wildman–Crippen LogP) is 2.80. The number of hydrogen-bond donors (Lipinski definition) is 3. The van der Waals surface area contributed by atoms with E-state index in [0.29, 0.717) is 35.5 Å². The molecule has 0 saturated heterocycles. The Morgan fingerprint density at radius 1 is 0.964 bits per heavy atom. The second kappa shape index (κ2) is 9.31. The van der Waals surface area contributed by atoms with Gasteiger partial charge in [-0.1, -0.05) is 6.92 Å². The van der Waals surface area contributed by atoms with Gasteiger partial charge in [0.1, 0.15) is 0 Å². The monoisotopic (exact) mass is 382 g/mol. The minimum Gasteiger partial charge on any atom is -0.478 e. The zero-order chi connectivity index (χ0) is 20.7. The topological polar surface area (TPSA) is 140 Å². The summed E-state index contributed by atoms with van der Waals surface area (Å²) < 4.78 is 4.92. The largest absolute Gasteiger partial charge is 0.478 e. The lowest BCUT2D eigenvalue weighted by atomic mass is 10.0. The lowest BCUT2D eigenvalue weighted by Crippen LogP contribution is -2.30. The van der Waals surface area contributed by atoms with Crippen molar-refractivity contribution in [1.29, 1.82) is 0 Å². The first-order valence-corrected chi connectivity index (χ1v) is 8.67. The number of benzene rings is 2. The zero-order valence-electron chi connectivity index (χ0n) is 15.7. The number of amidine groups is 2. The molecule has 0 radical (unpaired) electrons. The molecule has 0 spiro atoms. The van der Waals surface area contributed by atoms with E-state index in [9.17, 15) is 14.7 Å². The van der Waals surface area contributed by atoms with Gasteiger partial charge in [-0.15, -0.1) is 0 Å². The van der Waals surface area contributed by atoms with Crippen LogP contribution in [0, 0.1) is 0 Å². The van der Waals surface area contributed by atoms with Crippen molar-refractivity contribution in [3.63, 3.8) is 0 Å². The Morgan fingerprint density at radius 2 is 1.54 bits per heavy atom. The molecule has 0 heterocycles. The summed E-state index contributed by atoms with van der Waals surface area (Å²) in [7, 11) is 0. The van der Waals surface area contributed by atoms with E-state index < -0.39 is 11.9 Å². The highest BCUT2D eigenvalue weighted by Gasteiger charge is 2.10. The number of rotatable bonds is 6. The zero-order valence-corrected chi connectivity index (χ0v) is 15.7. The van der Waals surface area contributed by atoms with Crippen LogP contribution in [-0.4, -0.2) is 35.3 Å². The van der Waals surface area contributed by atoms with Gasteiger partial charge in [-0.05, 0) is 61.4 Å². The number of carboxylic acid groups (broad SMARTS) is 1. The second-order valence-electron chi connectivity index (χ2n) is 5.76. The molecule has 2 aromatic rings. The van der Waals surface area contributed by atoms with Crippen molar-refractivity contribution in [2.24, 2.45) is 21.5 Å². The van der Waals surface area contributed by atoms with Crippen LogP contribution in [0.1, 0.15) is 40.1 Å². The van der Waals surface area contributed by atoms with Crippen molar-refractivity contribution in [2.75, 3.05) is 6.61 Å². The highest BCUT2D eigenvalue weighted by molar-refractivity contribution is 6.40. The van der Waals surface area contributed by atoms with Gasteiger partial charge in [0, 0.05) is 0 Å². The van der Waals surface area contributed by atoms with E-state index in [-0.39, 0.29) is 17.2 Å². The first-order chi connectivity index (χ1) is 13.3. The Bertz CT molecular complexity index is 934. The molecular formula is C20H22N4O4. The molecule has 5 N–H and O–H groups in total. The van der Waals surface area contributed by atoms with Gasteiger partial charge in [-0.2, -0.15) is 0 Å². The van der Waals surface area contributed by atoms with E-state index in [2.05, 4.69) is 9.98 Å². The number of carboxylic acids is 1. The number of ether oxygens (including phenoxy) is 1. The molecule has 0 amide bonds. The van der Waals surface area contributed by atoms with Gasteiger partial charge in [0.15, 0.2) is 11.7 Å². The maximum atomic E-state index is 11.6. The van der Waals surface area contributed by atoms with Crippen molar-refractivity contribution in [3.05, 3.63) is 59.2 Å². The lowest BCUT2D eigenvalue weighted by molar-refractivity contribution is 0.0526. The summed E-state index contributed by atoms with van der Waals surface area (Å²) in [6, 6.07) is 11.1. The number of nitrogens with zero attached hydrogens (tertiary/aromatic N) is 2. The third-order valence-electron chi connectivity index (χ3n) is 3.84. The molecule has 8 heteroatoms. The molecule has 8 nitrogen and oxygen atoms in total. The van der Waals surface area contributed by atoms with E-state index >= 15 is 0 Å². The fourth-order valence-corrected chi connectivity index (χ4v) is 2.43. The molecule has 146 valence electrons. The second-order valence-corrected chi connectivity index (χ2v) is 5.76. The molecule has 0 unspecified atom stereocenters. The Labute approximate surface area is 162 Å². The van der Waals surface area contributed by atoms with Crippen molar-refractivity contribution >= 4 is 35.0 Å².